The van der Waals surface area contributed by atoms with Gasteiger partial charge in [0.2, 0.25) is 0 Å². The van der Waals surface area contributed by atoms with Crippen molar-refractivity contribution in [1.82, 2.24) is 20.3 Å². The standard InChI is InChI=1S/C15H21N5/c1-12-9-13-5-3-4-6-15(13)20(12)8-7-19-11-14(10-16-2)17-18-19/h3-6,11-12,16H,7-10H2,1-2H3. The first-order chi connectivity index (χ1) is 9.78. The summed E-state index contributed by atoms with van der Waals surface area (Å²) in [6.45, 7) is 4.90. The van der Waals surface area contributed by atoms with Crippen LogP contribution in [0.1, 0.15) is 18.2 Å². The third-order valence-corrected chi connectivity index (χ3v) is 3.86. The summed E-state index contributed by atoms with van der Waals surface area (Å²) in [5.74, 6) is 0. The second-order valence-electron chi connectivity index (χ2n) is 5.38. The summed E-state index contributed by atoms with van der Waals surface area (Å²) in [4.78, 5) is 2.47. The van der Waals surface area contributed by atoms with E-state index in [0.717, 1.165) is 31.7 Å². The predicted molar refractivity (Wildman–Crippen MR) is 79.7 cm³/mol. The summed E-state index contributed by atoms with van der Waals surface area (Å²) in [5, 5.41) is 11.4. The molecule has 0 amide bonds. The van der Waals surface area contributed by atoms with E-state index in [1.165, 1.54) is 11.3 Å². The molecule has 1 aromatic carbocycles. The third kappa shape index (κ3) is 2.54. The van der Waals surface area contributed by atoms with Crippen LogP contribution in [0, 0.1) is 0 Å². The van der Waals surface area contributed by atoms with E-state index in [4.69, 9.17) is 0 Å². The Kier molecular flexibility index (Phi) is 3.69. The minimum absolute atomic E-state index is 0.563. The van der Waals surface area contributed by atoms with Crippen molar-refractivity contribution in [1.29, 1.82) is 0 Å². The number of rotatable bonds is 5. The Morgan fingerprint density at radius 3 is 3.00 bits per heavy atom. The van der Waals surface area contributed by atoms with Crippen LogP contribution in [0.4, 0.5) is 5.69 Å². The average Bonchev–Trinajstić information content (AvgIpc) is 3.01. The summed E-state index contributed by atoms with van der Waals surface area (Å²) in [7, 11) is 1.92. The van der Waals surface area contributed by atoms with Gasteiger partial charge < -0.3 is 10.2 Å². The van der Waals surface area contributed by atoms with Gasteiger partial charge in [-0.1, -0.05) is 23.4 Å². The van der Waals surface area contributed by atoms with E-state index in [1.54, 1.807) is 0 Å². The average molecular weight is 271 g/mol. The van der Waals surface area contributed by atoms with Gasteiger partial charge in [0.05, 0.1) is 12.2 Å². The number of anilines is 1. The van der Waals surface area contributed by atoms with Crippen molar-refractivity contribution >= 4 is 5.69 Å². The van der Waals surface area contributed by atoms with E-state index in [9.17, 15) is 0 Å². The normalized spacial score (nSPS) is 17.5. The van der Waals surface area contributed by atoms with Gasteiger partial charge in [0.1, 0.15) is 0 Å². The molecular weight excluding hydrogens is 250 g/mol. The molecule has 5 heteroatoms. The topological polar surface area (TPSA) is 46.0 Å². The Balaban J connectivity index is 1.66. The highest BCUT2D eigenvalue weighted by atomic mass is 15.4. The second-order valence-corrected chi connectivity index (χ2v) is 5.38. The minimum Gasteiger partial charge on any atom is -0.366 e. The molecule has 0 saturated carbocycles. The Hall–Kier alpha value is -1.88. The first kappa shape index (κ1) is 13.1. The van der Waals surface area contributed by atoms with Gasteiger partial charge in [-0.2, -0.15) is 0 Å². The van der Waals surface area contributed by atoms with Crippen LogP contribution < -0.4 is 10.2 Å². The molecule has 5 nitrogen and oxygen atoms in total. The highest BCUT2D eigenvalue weighted by molar-refractivity contribution is 5.59. The quantitative estimate of drug-likeness (QED) is 0.894. The van der Waals surface area contributed by atoms with Gasteiger partial charge in [-0.3, -0.25) is 4.68 Å². The molecule has 0 radical (unpaired) electrons. The molecule has 1 atom stereocenters. The molecule has 1 aliphatic rings. The number of nitrogens with one attached hydrogen (secondary N) is 1. The molecule has 0 aliphatic carbocycles. The van der Waals surface area contributed by atoms with Crippen LogP contribution in [-0.2, 0) is 19.5 Å². The van der Waals surface area contributed by atoms with Crippen molar-refractivity contribution in [3.05, 3.63) is 41.7 Å². The highest BCUT2D eigenvalue weighted by Crippen LogP contribution is 2.31. The zero-order chi connectivity index (χ0) is 13.9. The molecular formula is C15H21N5. The van der Waals surface area contributed by atoms with Crippen molar-refractivity contribution in [2.24, 2.45) is 0 Å². The number of benzene rings is 1. The number of hydrogen-bond acceptors (Lipinski definition) is 4. The Labute approximate surface area is 119 Å². The smallest absolute Gasteiger partial charge is 0.0964 e. The molecule has 0 spiro atoms. The zero-order valence-electron chi connectivity index (χ0n) is 12.1. The molecule has 0 fully saturated rings. The summed E-state index contributed by atoms with van der Waals surface area (Å²) in [6.07, 6.45) is 3.15. The van der Waals surface area contributed by atoms with Crippen LogP contribution in [0.5, 0.6) is 0 Å². The van der Waals surface area contributed by atoms with Crippen molar-refractivity contribution in [2.45, 2.75) is 32.5 Å². The summed E-state index contributed by atoms with van der Waals surface area (Å²) in [6, 6.07) is 9.24. The first-order valence-corrected chi connectivity index (χ1v) is 7.16. The maximum absolute atomic E-state index is 4.18. The fourth-order valence-corrected chi connectivity index (χ4v) is 2.89. The van der Waals surface area contributed by atoms with Crippen LogP contribution in [0.3, 0.4) is 0 Å². The fourth-order valence-electron chi connectivity index (χ4n) is 2.89. The number of nitrogens with zero attached hydrogens (tertiary/aromatic N) is 4. The lowest BCUT2D eigenvalue weighted by atomic mass is 10.1. The van der Waals surface area contributed by atoms with Gasteiger partial charge >= 0.3 is 0 Å². The van der Waals surface area contributed by atoms with E-state index in [0.29, 0.717) is 6.04 Å². The lowest BCUT2D eigenvalue weighted by Gasteiger charge is -2.24. The SMILES string of the molecule is CNCc1cn(CCN2c3ccccc3CC2C)nn1. The van der Waals surface area contributed by atoms with E-state index in [-0.39, 0.29) is 0 Å². The molecule has 1 N–H and O–H groups in total. The zero-order valence-corrected chi connectivity index (χ0v) is 12.1. The molecule has 0 bridgehead atoms. The van der Waals surface area contributed by atoms with Crippen LogP contribution in [0.15, 0.2) is 30.5 Å². The summed E-state index contributed by atoms with van der Waals surface area (Å²) in [5.41, 5.74) is 3.81. The van der Waals surface area contributed by atoms with Crippen molar-refractivity contribution in [3.63, 3.8) is 0 Å². The minimum atomic E-state index is 0.563. The summed E-state index contributed by atoms with van der Waals surface area (Å²) < 4.78 is 1.93. The van der Waals surface area contributed by atoms with Crippen LogP contribution in [0.2, 0.25) is 0 Å². The number of fused-ring (bicyclic) bond motifs is 1. The lowest BCUT2D eigenvalue weighted by molar-refractivity contribution is 0.554. The monoisotopic (exact) mass is 271 g/mol. The van der Waals surface area contributed by atoms with Gasteiger partial charge in [0.15, 0.2) is 0 Å². The molecule has 20 heavy (non-hydrogen) atoms. The Bertz CT molecular complexity index is 577. The Morgan fingerprint density at radius 1 is 1.30 bits per heavy atom. The van der Waals surface area contributed by atoms with Gasteiger partial charge in [-0.05, 0) is 32.0 Å². The van der Waals surface area contributed by atoms with Gasteiger partial charge in [-0.25, -0.2) is 0 Å². The van der Waals surface area contributed by atoms with Gasteiger partial charge in [0.25, 0.3) is 0 Å². The summed E-state index contributed by atoms with van der Waals surface area (Å²) >= 11 is 0. The third-order valence-electron chi connectivity index (χ3n) is 3.86. The first-order valence-electron chi connectivity index (χ1n) is 7.16. The number of hydrogen-bond donors (Lipinski definition) is 1. The molecule has 106 valence electrons. The van der Waals surface area contributed by atoms with Crippen LogP contribution >= 0.6 is 0 Å². The van der Waals surface area contributed by atoms with E-state index >= 15 is 0 Å². The van der Waals surface area contributed by atoms with E-state index in [2.05, 4.69) is 51.7 Å². The van der Waals surface area contributed by atoms with E-state index in [1.807, 2.05) is 17.9 Å². The van der Waals surface area contributed by atoms with Crippen molar-refractivity contribution < 1.29 is 0 Å². The largest absolute Gasteiger partial charge is 0.366 e. The second kappa shape index (κ2) is 5.63. The lowest BCUT2D eigenvalue weighted by Crippen LogP contribution is -2.32. The number of aromatic nitrogens is 3. The molecule has 1 aromatic heterocycles. The number of para-hydroxylation sites is 1. The molecule has 0 saturated heterocycles. The van der Waals surface area contributed by atoms with Crippen LogP contribution in [0.25, 0.3) is 0 Å². The molecule has 1 aliphatic heterocycles. The highest BCUT2D eigenvalue weighted by Gasteiger charge is 2.24. The molecule has 3 rings (SSSR count). The van der Waals surface area contributed by atoms with Crippen LogP contribution in [-0.4, -0.2) is 34.6 Å². The van der Waals surface area contributed by atoms with Crippen molar-refractivity contribution in [3.8, 4) is 0 Å². The predicted octanol–water partition coefficient (Wildman–Crippen LogP) is 1.45. The van der Waals surface area contributed by atoms with Gasteiger partial charge in [0, 0.05) is 31.0 Å². The van der Waals surface area contributed by atoms with E-state index < -0.39 is 0 Å². The molecule has 1 unspecified atom stereocenters. The maximum atomic E-state index is 4.18. The Morgan fingerprint density at radius 2 is 2.15 bits per heavy atom. The maximum Gasteiger partial charge on any atom is 0.0964 e. The molecule has 2 heterocycles. The fraction of sp³-hybridized carbons (Fsp3) is 0.467. The molecule has 2 aromatic rings. The van der Waals surface area contributed by atoms with Crippen molar-refractivity contribution in [2.75, 3.05) is 18.5 Å². The van der Waals surface area contributed by atoms with Gasteiger partial charge in [-0.15, -0.1) is 5.10 Å².